The first-order valence-electron chi connectivity index (χ1n) is 8.57. The van der Waals surface area contributed by atoms with Gasteiger partial charge in [0.2, 0.25) is 15.0 Å². The highest BCUT2D eigenvalue weighted by Crippen LogP contribution is 2.41. The molecule has 0 aliphatic rings. The molecule has 1 aromatic heterocycles. The number of sulfonamides is 1. The average molecular weight is 519 g/mol. The van der Waals surface area contributed by atoms with Crippen LogP contribution in [0.15, 0.2) is 17.0 Å². The summed E-state index contributed by atoms with van der Waals surface area (Å²) in [4.78, 5) is 26.6. The third-order valence-corrected chi connectivity index (χ3v) is 7.49. The van der Waals surface area contributed by atoms with Gasteiger partial charge in [-0.1, -0.05) is 36.2 Å². The lowest BCUT2D eigenvalue weighted by molar-refractivity contribution is -0.151. The Morgan fingerprint density at radius 3 is 2.45 bits per heavy atom. The zero-order valence-corrected chi connectivity index (χ0v) is 19.1. The summed E-state index contributed by atoms with van der Waals surface area (Å²) in [5.74, 6) is -0.773. The van der Waals surface area contributed by atoms with Crippen LogP contribution in [0.3, 0.4) is 0 Å². The number of thiazole rings is 1. The highest BCUT2D eigenvalue weighted by atomic mass is 35.5. The molecule has 0 saturated carbocycles. The molecule has 2 aromatic rings. The minimum atomic E-state index is -4.80. The van der Waals surface area contributed by atoms with Crippen LogP contribution in [0.1, 0.15) is 40.6 Å². The summed E-state index contributed by atoms with van der Waals surface area (Å²) in [5.41, 5.74) is -0.0912. The summed E-state index contributed by atoms with van der Waals surface area (Å²) in [6, 6.07) is -0.206. The normalized spacial score (nSPS) is 13.1. The number of aldehydes is 1. The molecular weight excluding hydrogens is 504 g/mol. The summed E-state index contributed by atoms with van der Waals surface area (Å²) >= 11 is 13.0. The minimum absolute atomic E-state index is 0.0728. The fourth-order valence-electron chi connectivity index (χ4n) is 2.43. The molecule has 14 heteroatoms. The van der Waals surface area contributed by atoms with E-state index in [1.165, 1.54) is 6.92 Å². The number of carbonyl (C=O) groups is 2. The second kappa shape index (κ2) is 9.82. The van der Waals surface area contributed by atoms with Crippen LogP contribution in [0.5, 0.6) is 0 Å². The van der Waals surface area contributed by atoms with Crippen LogP contribution in [-0.2, 0) is 14.8 Å². The van der Waals surface area contributed by atoms with E-state index in [-0.39, 0.29) is 32.8 Å². The van der Waals surface area contributed by atoms with Crippen LogP contribution < -0.4 is 4.72 Å². The summed E-state index contributed by atoms with van der Waals surface area (Å²) in [5, 5.41) is -1.03. The van der Waals surface area contributed by atoms with E-state index < -0.39 is 44.5 Å². The number of carbonyl (C=O) groups excluding carboxylic acids is 2. The van der Waals surface area contributed by atoms with E-state index in [9.17, 15) is 31.2 Å². The number of hydrogen-bond donors (Lipinski definition) is 1. The van der Waals surface area contributed by atoms with Gasteiger partial charge in [-0.2, -0.15) is 17.9 Å². The van der Waals surface area contributed by atoms with Crippen molar-refractivity contribution in [3.63, 3.8) is 0 Å². The molecule has 0 aliphatic carbocycles. The fraction of sp³-hybridized carbons (Fsp3) is 0.353. The van der Waals surface area contributed by atoms with Crippen molar-refractivity contribution >= 4 is 56.8 Å². The number of aromatic nitrogens is 1. The molecule has 2 rings (SSSR count). The van der Waals surface area contributed by atoms with Crippen molar-refractivity contribution in [1.29, 1.82) is 0 Å². The van der Waals surface area contributed by atoms with Gasteiger partial charge in [-0.25, -0.2) is 18.2 Å². The van der Waals surface area contributed by atoms with E-state index in [4.69, 9.17) is 27.9 Å². The number of hydrogen-bond acceptors (Lipinski definition) is 7. The maximum absolute atomic E-state index is 13.0. The van der Waals surface area contributed by atoms with Crippen molar-refractivity contribution in [2.45, 2.75) is 37.4 Å². The highest BCUT2D eigenvalue weighted by Gasteiger charge is 2.41. The number of benzene rings is 1. The van der Waals surface area contributed by atoms with Gasteiger partial charge in [0, 0.05) is 5.56 Å². The van der Waals surface area contributed by atoms with E-state index in [0.717, 1.165) is 23.5 Å². The molecular formula is C17H15Cl2F3N2O5S2. The third-order valence-electron chi connectivity index (χ3n) is 3.90. The van der Waals surface area contributed by atoms with Crippen molar-refractivity contribution < 1.29 is 35.9 Å². The molecule has 0 spiro atoms. The van der Waals surface area contributed by atoms with E-state index in [0.29, 0.717) is 6.29 Å². The number of ether oxygens (including phenoxy) is 1. The second-order valence-electron chi connectivity index (χ2n) is 5.93. The lowest BCUT2D eigenvalue weighted by atomic mass is 10.1. The molecule has 0 saturated heterocycles. The third kappa shape index (κ3) is 5.55. The number of halogens is 5. The first-order chi connectivity index (χ1) is 14.4. The Labute approximate surface area is 189 Å². The predicted molar refractivity (Wildman–Crippen MR) is 109 cm³/mol. The first kappa shape index (κ1) is 25.5. The van der Waals surface area contributed by atoms with E-state index in [2.05, 4.69) is 4.98 Å². The van der Waals surface area contributed by atoms with Gasteiger partial charge in [-0.3, -0.25) is 4.79 Å². The minimum Gasteiger partial charge on any atom is -0.461 e. The quantitative estimate of drug-likeness (QED) is 0.400. The van der Waals surface area contributed by atoms with Gasteiger partial charge >= 0.3 is 12.1 Å². The zero-order valence-electron chi connectivity index (χ0n) is 15.9. The number of alkyl halides is 3. The Morgan fingerprint density at radius 1 is 1.29 bits per heavy atom. The molecule has 170 valence electrons. The molecule has 0 radical (unpaired) electrons. The van der Waals surface area contributed by atoms with Gasteiger partial charge in [-0.05, 0) is 19.4 Å². The Morgan fingerprint density at radius 2 is 1.94 bits per heavy atom. The van der Waals surface area contributed by atoms with Gasteiger partial charge < -0.3 is 4.74 Å². The predicted octanol–water partition coefficient (Wildman–Crippen LogP) is 4.73. The highest BCUT2D eigenvalue weighted by molar-refractivity contribution is 7.89. The maximum Gasteiger partial charge on any atom is 0.404 e. The SMILES string of the molecule is CCOC(=O)c1nc(C=O)c(-c2ccc(S(=O)(=O)N[C@@H](CC)C(F)(F)F)c(Cl)c2Cl)s1. The first-order valence-corrected chi connectivity index (χ1v) is 11.6. The molecule has 0 unspecified atom stereocenters. The zero-order chi connectivity index (χ0) is 23.6. The van der Waals surface area contributed by atoms with Crippen molar-refractivity contribution in [2.24, 2.45) is 0 Å². The molecule has 1 atom stereocenters. The van der Waals surface area contributed by atoms with Crippen LogP contribution in [0, 0.1) is 0 Å². The Kier molecular flexibility index (Phi) is 8.09. The molecule has 0 bridgehead atoms. The summed E-state index contributed by atoms with van der Waals surface area (Å²) < 4.78 is 70.3. The van der Waals surface area contributed by atoms with E-state index in [1.807, 2.05) is 0 Å². The molecule has 0 fully saturated rings. The molecule has 0 amide bonds. The number of rotatable bonds is 8. The van der Waals surface area contributed by atoms with Crippen molar-refractivity contribution in [3.05, 3.63) is 32.9 Å². The number of nitrogens with one attached hydrogen (secondary N) is 1. The topological polar surface area (TPSA) is 102 Å². The van der Waals surface area contributed by atoms with Gasteiger partial charge in [0.15, 0.2) is 6.29 Å². The van der Waals surface area contributed by atoms with Crippen molar-refractivity contribution in [1.82, 2.24) is 9.71 Å². The Balaban J connectivity index is 2.52. The van der Waals surface area contributed by atoms with Gasteiger partial charge in [0.1, 0.15) is 16.6 Å². The van der Waals surface area contributed by atoms with Gasteiger partial charge in [0.05, 0.1) is 21.5 Å². The van der Waals surface area contributed by atoms with E-state index >= 15 is 0 Å². The van der Waals surface area contributed by atoms with Gasteiger partial charge in [0.25, 0.3) is 0 Å². The van der Waals surface area contributed by atoms with Gasteiger partial charge in [-0.15, -0.1) is 11.3 Å². The number of nitrogens with zero attached hydrogens (tertiary/aromatic N) is 1. The lowest BCUT2D eigenvalue weighted by Gasteiger charge is -2.20. The smallest absolute Gasteiger partial charge is 0.404 e. The molecule has 7 nitrogen and oxygen atoms in total. The Hall–Kier alpha value is -1.73. The van der Waals surface area contributed by atoms with Crippen LogP contribution in [0.25, 0.3) is 10.4 Å². The summed E-state index contributed by atoms with van der Waals surface area (Å²) in [7, 11) is -4.68. The summed E-state index contributed by atoms with van der Waals surface area (Å²) in [6.07, 6.45) is -4.98. The lowest BCUT2D eigenvalue weighted by Crippen LogP contribution is -2.44. The molecule has 1 aromatic carbocycles. The largest absolute Gasteiger partial charge is 0.461 e. The maximum atomic E-state index is 13.0. The van der Waals surface area contributed by atoms with Crippen LogP contribution >= 0.6 is 34.5 Å². The Bertz CT molecular complexity index is 1100. The monoisotopic (exact) mass is 518 g/mol. The van der Waals surface area contributed by atoms with Crippen LogP contribution in [-0.4, -0.2) is 44.5 Å². The number of esters is 1. The van der Waals surface area contributed by atoms with Crippen molar-refractivity contribution in [2.75, 3.05) is 6.61 Å². The molecule has 31 heavy (non-hydrogen) atoms. The fourth-order valence-corrected chi connectivity index (χ4v) is 5.62. The van der Waals surface area contributed by atoms with Crippen LogP contribution in [0.4, 0.5) is 13.2 Å². The van der Waals surface area contributed by atoms with E-state index in [1.54, 1.807) is 11.6 Å². The standard InChI is InChI=1S/C17H15Cl2F3N2O5S2/c1-3-11(17(20,21)22)24-31(27,28)10-6-5-8(12(18)13(10)19)14-9(7-25)23-15(30-14)16(26)29-4-2/h5-7,11,24H,3-4H2,1-2H3/t11-/m0/s1. The molecule has 0 aliphatic heterocycles. The summed E-state index contributed by atoms with van der Waals surface area (Å²) in [6.45, 7) is 2.83. The van der Waals surface area contributed by atoms with Crippen LogP contribution in [0.2, 0.25) is 10.0 Å². The van der Waals surface area contributed by atoms with Crippen molar-refractivity contribution in [3.8, 4) is 10.4 Å². The molecule has 1 N–H and O–H groups in total. The second-order valence-corrected chi connectivity index (χ2v) is 9.37. The average Bonchev–Trinajstić information content (AvgIpc) is 3.11. The molecule has 1 heterocycles.